The number of hydrogen-bond acceptors (Lipinski definition) is 4. The maximum Gasteiger partial charge on any atom is 0.245 e. The Bertz CT molecular complexity index is 1010. The van der Waals surface area contributed by atoms with Crippen molar-refractivity contribution in [3.8, 4) is 0 Å². The maximum atomic E-state index is 13.4. The summed E-state index contributed by atoms with van der Waals surface area (Å²) in [4.78, 5) is 27.9. The van der Waals surface area contributed by atoms with Crippen molar-refractivity contribution in [3.63, 3.8) is 0 Å². The third kappa shape index (κ3) is 4.71. The highest BCUT2D eigenvalue weighted by Crippen LogP contribution is 2.27. The lowest BCUT2D eigenvalue weighted by atomic mass is 10.0. The number of fused-ring (bicyclic) bond motifs is 1. The molecule has 3 aromatic rings. The Morgan fingerprint density at radius 3 is 2.70 bits per heavy atom. The van der Waals surface area contributed by atoms with Gasteiger partial charge in [-0.05, 0) is 47.3 Å². The second kappa shape index (κ2) is 9.41. The molecule has 0 unspecified atom stereocenters. The van der Waals surface area contributed by atoms with Gasteiger partial charge in [0.15, 0.2) is 0 Å². The maximum absolute atomic E-state index is 13.4. The Kier molecular flexibility index (Phi) is 6.45. The number of carbonyl (C=O) groups excluding carboxylic acids is 2. The van der Waals surface area contributed by atoms with Crippen molar-refractivity contribution in [2.24, 2.45) is 0 Å². The zero-order valence-electron chi connectivity index (χ0n) is 17.1. The van der Waals surface area contributed by atoms with Gasteiger partial charge in [0.05, 0.1) is 6.04 Å². The summed E-state index contributed by atoms with van der Waals surface area (Å²) in [6.45, 7) is 1.36. The van der Waals surface area contributed by atoms with Crippen molar-refractivity contribution in [2.75, 3.05) is 13.6 Å². The summed E-state index contributed by atoms with van der Waals surface area (Å²) in [5.74, 6) is -0.154. The van der Waals surface area contributed by atoms with E-state index in [0.717, 1.165) is 35.9 Å². The van der Waals surface area contributed by atoms with Crippen LogP contribution >= 0.6 is 11.3 Å². The fourth-order valence-corrected chi connectivity index (χ4v) is 4.97. The van der Waals surface area contributed by atoms with Gasteiger partial charge in [-0.2, -0.15) is 0 Å². The highest BCUT2D eigenvalue weighted by Gasteiger charge is 2.29. The molecule has 1 aromatic heterocycles. The van der Waals surface area contributed by atoms with E-state index in [0.29, 0.717) is 13.0 Å². The Balaban J connectivity index is 1.54. The van der Waals surface area contributed by atoms with Gasteiger partial charge in [0, 0.05) is 24.7 Å². The van der Waals surface area contributed by atoms with Crippen LogP contribution in [-0.4, -0.2) is 42.4 Å². The molecule has 0 bridgehead atoms. The molecule has 0 radical (unpaired) electrons. The lowest BCUT2D eigenvalue weighted by molar-refractivity contribution is -0.136. The highest BCUT2D eigenvalue weighted by molar-refractivity contribution is 7.17. The van der Waals surface area contributed by atoms with Gasteiger partial charge in [0.1, 0.15) is 6.04 Å². The Labute approximate surface area is 181 Å². The van der Waals surface area contributed by atoms with E-state index in [1.807, 2.05) is 42.5 Å². The van der Waals surface area contributed by atoms with E-state index in [9.17, 15) is 9.59 Å². The van der Waals surface area contributed by atoms with Crippen LogP contribution in [0.1, 0.15) is 24.0 Å². The molecule has 2 N–H and O–H groups in total. The number of amides is 2. The predicted molar refractivity (Wildman–Crippen MR) is 121 cm³/mol. The first-order valence-electron chi connectivity index (χ1n) is 10.4. The summed E-state index contributed by atoms with van der Waals surface area (Å²) in [7, 11) is 1.80. The largest absolute Gasteiger partial charge is 0.343 e. The first-order valence-corrected chi connectivity index (χ1v) is 11.3. The first-order chi connectivity index (χ1) is 14.6. The average Bonchev–Trinajstić information content (AvgIpc) is 3.44. The number of benzene rings is 2. The monoisotopic (exact) mass is 421 g/mol. The molecule has 2 aromatic carbocycles. The third-order valence-corrected chi connectivity index (χ3v) is 6.63. The number of thiophene rings is 1. The van der Waals surface area contributed by atoms with Crippen LogP contribution in [0.4, 0.5) is 0 Å². The van der Waals surface area contributed by atoms with Gasteiger partial charge in [-0.15, -0.1) is 11.3 Å². The molecule has 1 saturated heterocycles. The van der Waals surface area contributed by atoms with Crippen molar-refractivity contribution in [1.82, 2.24) is 15.5 Å². The minimum absolute atomic E-state index is 0.0690. The van der Waals surface area contributed by atoms with Crippen LogP contribution in [0.25, 0.3) is 10.1 Å². The van der Waals surface area contributed by atoms with Crippen LogP contribution in [-0.2, 0) is 22.6 Å². The second-order valence-electron chi connectivity index (χ2n) is 7.85. The highest BCUT2D eigenvalue weighted by atomic mass is 32.1. The number of likely N-dealkylation sites (N-methyl/N-ethyl adjacent to an activating group) is 1. The SMILES string of the molecule is CN(Cc1ccccc1)C(=O)[C@H](Cc1csc2ccccc12)NC(=O)[C@@H]1CCCN1. The topological polar surface area (TPSA) is 61.4 Å². The molecule has 5 nitrogen and oxygen atoms in total. The van der Waals surface area contributed by atoms with E-state index in [-0.39, 0.29) is 17.9 Å². The molecule has 0 spiro atoms. The fourth-order valence-electron chi connectivity index (χ4n) is 3.99. The summed E-state index contributed by atoms with van der Waals surface area (Å²) < 4.78 is 1.19. The van der Waals surface area contributed by atoms with Crippen LogP contribution in [0, 0.1) is 0 Å². The van der Waals surface area contributed by atoms with Gasteiger partial charge >= 0.3 is 0 Å². The van der Waals surface area contributed by atoms with Crippen LogP contribution < -0.4 is 10.6 Å². The molecule has 2 heterocycles. The minimum atomic E-state index is -0.591. The Morgan fingerprint density at radius 1 is 1.17 bits per heavy atom. The molecule has 2 atom stereocenters. The molecule has 6 heteroatoms. The number of nitrogens with one attached hydrogen (secondary N) is 2. The van der Waals surface area contributed by atoms with E-state index in [4.69, 9.17) is 0 Å². The molecule has 0 aliphatic carbocycles. The number of hydrogen-bond donors (Lipinski definition) is 2. The standard InChI is InChI=1S/C24H27N3O2S/c1-27(15-17-8-3-2-4-9-17)24(29)21(26-23(28)20-11-7-13-25-20)14-18-16-30-22-12-6-5-10-19(18)22/h2-6,8-10,12,16,20-21,25H,7,11,13-15H2,1H3,(H,26,28)/t20-,21-/m0/s1. The van der Waals surface area contributed by atoms with Gasteiger partial charge in [0.25, 0.3) is 0 Å². The number of rotatable bonds is 7. The van der Waals surface area contributed by atoms with E-state index >= 15 is 0 Å². The van der Waals surface area contributed by atoms with Crippen molar-refractivity contribution in [3.05, 3.63) is 71.1 Å². The molecular formula is C24H27N3O2S. The average molecular weight is 422 g/mol. The molecular weight excluding hydrogens is 394 g/mol. The molecule has 30 heavy (non-hydrogen) atoms. The van der Waals surface area contributed by atoms with Gasteiger partial charge in [0.2, 0.25) is 11.8 Å². The zero-order valence-corrected chi connectivity index (χ0v) is 18.0. The first kappa shape index (κ1) is 20.6. The van der Waals surface area contributed by atoms with Gasteiger partial charge in [-0.3, -0.25) is 9.59 Å². The number of nitrogens with zero attached hydrogens (tertiary/aromatic N) is 1. The number of carbonyl (C=O) groups is 2. The summed E-state index contributed by atoms with van der Waals surface area (Å²) in [5.41, 5.74) is 2.17. The van der Waals surface area contributed by atoms with Crippen LogP contribution in [0.15, 0.2) is 60.0 Å². The van der Waals surface area contributed by atoms with Crippen molar-refractivity contribution in [2.45, 2.75) is 37.9 Å². The van der Waals surface area contributed by atoms with Crippen LogP contribution in [0.2, 0.25) is 0 Å². The summed E-state index contributed by atoms with van der Waals surface area (Å²) >= 11 is 1.67. The summed E-state index contributed by atoms with van der Waals surface area (Å²) in [6, 6.07) is 17.3. The molecule has 0 saturated carbocycles. The summed E-state index contributed by atoms with van der Waals surface area (Å²) in [6.07, 6.45) is 2.29. The Hall–Kier alpha value is -2.70. The smallest absolute Gasteiger partial charge is 0.245 e. The quantitative estimate of drug-likeness (QED) is 0.615. The van der Waals surface area contributed by atoms with Crippen molar-refractivity contribution < 1.29 is 9.59 Å². The van der Waals surface area contributed by atoms with E-state index in [1.54, 1.807) is 23.3 Å². The van der Waals surface area contributed by atoms with Gasteiger partial charge in [-0.25, -0.2) is 0 Å². The normalized spacial score (nSPS) is 17.0. The molecule has 1 fully saturated rings. The predicted octanol–water partition coefficient (Wildman–Crippen LogP) is 3.34. The lowest BCUT2D eigenvalue weighted by Crippen LogP contribution is -2.52. The molecule has 156 valence electrons. The van der Waals surface area contributed by atoms with Gasteiger partial charge < -0.3 is 15.5 Å². The third-order valence-electron chi connectivity index (χ3n) is 5.62. The minimum Gasteiger partial charge on any atom is -0.343 e. The lowest BCUT2D eigenvalue weighted by Gasteiger charge is -2.26. The van der Waals surface area contributed by atoms with Crippen molar-refractivity contribution >= 4 is 33.2 Å². The zero-order chi connectivity index (χ0) is 20.9. The van der Waals surface area contributed by atoms with E-state index < -0.39 is 6.04 Å². The fraction of sp³-hybridized carbons (Fsp3) is 0.333. The molecule has 2 amide bonds. The van der Waals surface area contributed by atoms with Crippen LogP contribution in [0.3, 0.4) is 0 Å². The van der Waals surface area contributed by atoms with E-state index in [1.165, 1.54) is 4.70 Å². The molecule has 4 rings (SSSR count). The van der Waals surface area contributed by atoms with Crippen molar-refractivity contribution in [1.29, 1.82) is 0 Å². The van der Waals surface area contributed by atoms with E-state index in [2.05, 4.69) is 28.1 Å². The van der Waals surface area contributed by atoms with Gasteiger partial charge in [-0.1, -0.05) is 48.5 Å². The Morgan fingerprint density at radius 2 is 1.93 bits per heavy atom. The second-order valence-corrected chi connectivity index (χ2v) is 8.76. The molecule has 1 aliphatic heterocycles. The molecule has 1 aliphatic rings. The van der Waals surface area contributed by atoms with Crippen LogP contribution in [0.5, 0.6) is 0 Å². The summed E-state index contributed by atoms with van der Waals surface area (Å²) in [5, 5.41) is 9.52.